The molecule has 0 spiro atoms. The number of nitrogens with zero attached hydrogens (tertiary/aromatic N) is 4. The predicted molar refractivity (Wildman–Crippen MR) is 62.8 cm³/mol. The molecule has 0 aliphatic rings. The molecule has 0 unspecified atom stereocenters. The van der Waals surface area contributed by atoms with Crippen molar-refractivity contribution in [1.82, 2.24) is 24.3 Å². The lowest BCUT2D eigenvalue weighted by atomic mass is 10.5. The highest BCUT2D eigenvalue weighted by Gasteiger charge is 2.16. The van der Waals surface area contributed by atoms with Crippen LogP contribution in [0.2, 0.25) is 0 Å². The first-order chi connectivity index (χ1) is 8.79. The van der Waals surface area contributed by atoms with E-state index >= 15 is 0 Å². The van der Waals surface area contributed by atoms with Gasteiger partial charge < -0.3 is 0 Å². The van der Waals surface area contributed by atoms with Crippen LogP contribution in [-0.2, 0) is 23.6 Å². The van der Waals surface area contributed by atoms with Crippen LogP contribution in [0, 0.1) is 0 Å². The maximum atomic E-state index is 11.6. The van der Waals surface area contributed by atoms with Crippen molar-refractivity contribution in [3.63, 3.8) is 0 Å². The smallest absolute Gasteiger partial charge is 0.292 e. The van der Waals surface area contributed by atoms with E-state index in [2.05, 4.69) is 10.1 Å². The summed E-state index contributed by atoms with van der Waals surface area (Å²) in [7, 11) is -2.60. The summed E-state index contributed by atoms with van der Waals surface area (Å²) in [5.41, 5.74) is -1.82. The van der Waals surface area contributed by atoms with Crippen LogP contribution in [0.3, 0.4) is 0 Å². The Morgan fingerprint density at radius 1 is 1.42 bits per heavy atom. The minimum absolute atomic E-state index is 0.0470. The van der Waals surface area contributed by atoms with Gasteiger partial charge in [-0.2, -0.15) is 5.10 Å². The zero-order valence-corrected chi connectivity index (χ0v) is 10.6. The summed E-state index contributed by atoms with van der Waals surface area (Å²) in [6.45, 7) is -0.0470. The van der Waals surface area contributed by atoms with Gasteiger partial charge >= 0.3 is 5.69 Å². The van der Waals surface area contributed by atoms with E-state index in [9.17, 15) is 18.0 Å². The molecule has 11 heteroatoms. The molecule has 3 N–H and O–H groups in total. The van der Waals surface area contributed by atoms with Crippen molar-refractivity contribution in [2.24, 2.45) is 12.2 Å². The molecule has 0 aliphatic carbocycles. The van der Waals surface area contributed by atoms with Crippen LogP contribution in [0.15, 0.2) is 27.0 Å². The maximum absolute atomic E-state index is 11.6. The van der Waals surface area contributed by atoms with Gasteiger partial charge in [-0.1, -0.05) is 0 Å². The average molecular weight is 286 g/mol. The second-order valence-electron chi connectivity index (χ2n) is 3.73. The number of hydrogen-bond acceptors (Lipinski definition) is 6. The number of primary sulfonamides is 1. The molecule has 0 radical (unpaired) electrons. The van der Waals surface area contributed by atoms with Gasteiger partial charge in [0.15, 0.2) is 4.90 Å². The normalized spacial score (nSPS) is 11.7. The summed E-state index contributed by atoms with van der Waals surface area (Å²) in [5.74, 6) is 0.412. The van der Waals surface area contributed by atoms with Gasteiger partial charge in [0.05, 0.1) is 6.54 Å². The minimum Gasteiger partial charge on any atom is -0.292 e. The Balaban J connectivity index is 2.56. The summed E-state index contributed by atoms with van der Waals surface area (Å²) in [4.78, 5) is 28.0. The van der Waals surface area contributed by atoms with Crippen LogP contribution >= 0.6 is 0 Å². The number of nitrogens with two attached hydrogens (primary N) is 1. The Morgan fingerprint density at radius 2 is 2.11 bits per heavy atom. The van der Waals surface area contributed by atoms with E-state index < -0.39 is 26.2 Å². The molecule has 0 saturated carbocycles. The Labute approximate surface area is 106 Å². The van der Waals surface area contributed by atoms with Gasteiger partial charge in [-0.15, -0.1) is 0 Å². The third-order valence-electron chi connectivity index (χ3n) is 2.40. The van der Waals surface area contributed by atoms with E-state index in [1.807, 2.05) is 4.98 Å². The number of hydrogen-bond donors (Lipinski definition) is 2. The lowest BCUT2D eigenvalue weighted by Crippen LogP contribution is -2.35. The van der Waals surface area contributed by atoms with Crippen LogP contribution in [0.5, 0.6) is 0 Å². The van der Waals surface area contributed by atoms with Gasteiger partial charge in [-0.3, -0.25) is 19.0 Å². The Bertz CT molecular complexity index is 829. The maximum Gasteiger partial charge on any atom is 0.328 e. The standard InChI is InChI=1S/C8H10N6O4S/c1-13-6(10-4-11-13)3-14-2-5(19(9,17)18)7(15)12-8(14)16/h2,4H,3H2,1H3,(H2,9,17,18)(H,12,15,16). The van der Waals surface area contributed by atoms with E-state index in [1.165, 1.54) is 11.0 Å². The van der Waals surface area contributed by atoms with Crippen molar-refractivity contribution in [1.29, 1.82) is 0 Å². The van der Waals surface area contributed by atoms with Gasteiger partial charge in [0.25, 0.3) is 5.56 Å². The number of sulfonamides is 1. The lowest BCUT2D eigenvalue weighted by molar-refractivity contribution is 0.586. The number of aromatic amines is 1. The van der Waals surface area contributed by atoms with Crippen molar-refractivity contribution in [2.75, 3.05) is 0 Å². The quantitative estimate of drug-likeness (QED) is 0.630. The van der Waals surface area contributed by atoms with E-state index in [-0.39, 0.29) is 6.54 Å². The highest BCUT2D eigenvalue weighted by Crippen LogP contribution is 1.98. The molecule has 0 bridgehead atoms. The van der Waals surface area contributed by atoms with Crippen LogP contribution in [0.4, 0.5) is 0 Å². The molecule has 0 atom stereocenters. The average Bonchev–Trinajstić information content (AvgIpc) is 2.66. The monoisotopic (exact) mass is 286 g/mol. The summed E-state index contributed by atoms with van der Waals surface area (Å²) >= 11 is 0. The molecular formula is C8H10N6O4S. The second-order valence-corrected chi connectivity index (χ2v) is 5.26. The molecule has 0 amide bonds. The van der Waals surface area contributed by atoms with E-state index in [0.29, 0.717) is 5.82 Å². The minimum atomic E-state index is -4.21. The number of nitrogens with one attached hydrogen (secondary N) is 1. The molecule has 2 rings (SSSR count). The largest absolute Gasteiger partial charge is 0.328 e. The lowest BCUT2D eigenvalue weighted by Gasteiger charge is -2.05. The number of H-pyrrole nitrogens is 1. The summed E-state index contributed by atoms with van der Waals surface area (Å²) in [5, 5.41) is 8.69. The molecule has 2 aromatic rings. The van der Waals surface area contributed by atoms with E-state index in [4.69, 9.17) is 5.14 Å². The third kappa shape index (κ3) is 2.61. The van der Waals surface area contributed by atoms with Gasteiger partial charge in [-0.05, 0) is 0 Å². The van der Waals surface area contributed by atoms with Crippen molar-refractivity contribution >= 4 is 10.0 Å². The summed E-state index contributed by atoms with van der Waals surface area (Å²) in [6.07, 6.45) is 2.16. The Morgan fingerprint density at radius 3 is 2.63 bits per heavy atom. The zero-order valence-electron chi connectivity index (χ0n) is 9.77. The topological polar surface area (TPSA) is 146 Å². The molecule has 0 saturated heterocycles. The molecule has 102 valence electrons. The van der Waals surface area contributed by atoms with Crippen LogP contribution in [0.25, 0.3) is 0 Å². The van der Waals surface area contributed by atoms with Crippen molar-refractivity contribution in [3.8, 4) is 0 Å². The van der Waals surface area contributed by atoms with Gasteiger partial charge in [0.1, 0.15) is 12.2 Å². The predicted octanol–water partition coefficient (Wildman–Crippen LogP) is -2.64. The highest BCUT2D eigenvalue weighted by molar-refractivity contribution is 7.89. The van der Waals surface area contributed by atoms with Gasteiger partial charge in [-0.25, -0.2) is 23.3 Å². The second kappa shape index (κ2) is 4.44. The van der Waals surface area contributed by atoms with Gasteiger partial charge in [0.2, 0.25) is 10.0 Å². The van der Waals surface area contributed by atoms with Gasteiger partial charge in [0, 0.05) is 13.2 Å². The molecule has 0 fully saturated rings. The van der Waals surface area contributed by atoms with Crippen molar-refractivity contribution < 1.29 is 8.42 Å². The fourth-order valence-corrected chi connectivity index (χ4v) is 2.01. The highest BCUT2D eigenvalue weighted by atomic mass is 32.2. The van der Waals surface area contributed by atoms with Crippen molar-refractivity contribution in [3.05, 3.63) is 39.2 Å². The molecule has 19 heavy (non-hydrogen) atoms. The molecule has 10 nitrogen and oxygen atoms in total. The molecule has 0 aliphatic heterocycles. The molecular weight excluding hydrogens is 276 g/mol. The SMILES string of the molecule is Cn1ncnc1Cn1cc(S(N)(=O)=O)c(=O)[nH]c1=O. The number of aromatic nitrogens is 5. The Kier molecular flexibility index (Phi) is 3.08. The number of rotatable bonds is 3. The molecule has 2 aromatic heterocycles. The third-order valence-corrected chi connectivity index (χ3v) is 3.31. The Hall–Kier alpha value is -2.27. The van der Waals surface area contributed by atoms with Crippen LogP contribution in [0.1, 0.15) is 5.82 Å². The molecule has 0 aromatic carbocycles. The van der Waals surface area contributed by atoms with E-state index in [1.54, 1.807) is 7.05 Å². The molecule has 2 heterocycles. The van der Waals surface area contributed by atoms with Crippen molar-refractivity contribution in [2.45, 2.75) is 11.4 Å². The zero-order chi connectivity index (χ0) is 14.2. The van der Waals surface area contributed by atoms with Crippen LogP contribution < -0.4 is 16.4 Å². The summed E-state index contributed by atoms with van der Waals surface area (Å²) in [6, 6.07) is 0. The fourth-order valence-electron chi connectivity index (χ4n) is 1.43. The first kappa shape index (κ1) is 13.2. The summed E-state index contributed by atoms with van der Waals surface area (Å²) < 4.78 is 24.8. The first-order valence-electron chi connectivity index (χ1n) is 4.98. The van der Waals surface area contributed by atoms with Crippen LogP contribution in [-0.4, -0.2) is 32.7 Å². The first-order valence-corrected chi connectivity index (χ1v) is 6.53. The fraction of sp³-hybridized carbons (Fsp3) is 0.250. The van der Waals surface area contributed by atoms with E-state index in [0.717, 1.165) is 10.8 Å². The number of aryl methyl sites for hydroxylation is 1.